The lowest BCUT2D eigenvalue weighted by molar-refractivity contribution is -0.143. The SMILES string of the molecule is C[C@@]1(CC(=O)N2CCc3ccccc3[C@@H]2c2ccc(F)cc2)CNCC1(F)F. The number of fused-ring (bicyclic) bond motifs is 1. The number of alkyl halides is 2. The van der Waals surface area contributed by atoms with E-state index in [-0.39, 0.29) is 24.7 Å². The fourth-order valence-corrected chi connectivity index (χ4v) is 4.30. The molecule has 0 aliphatic carbocycles. The lowest BCUT2D eigenvalue weighted by Crippen LogP contribution is -2.46. The number of hydrogen-bond acceptors (Lipinski definition) is 2. The van der Waals surface area contributed by atoms with Gasteiger partial charge in [0.05, 0.1) is 18.0 Å². The van der Waals surface area contributed by atoms with Crippen molar-refractivity contribution in [2.75, 3.05) is 19.6 Å². The van der Waals surface area contributed by atoms with E-state index in [0.29, 0.717) is 13.0 Å². The molecule has 1 N–H and O–H groups in total. The second-order valence-corrected chi connectivity index (χ2v) is 8.04. The third kappa shape index (κ3) is 3.20. The van der Waals surface area contributed by atoms with Crippen molar-refractivity contribution in [3.05, 3.63) is 71.0 Å². The summed E-state index contributed by atoms with van der Waals surface area (Å²) in [6.07, 6.45) is 0.442. The molecule has 1 fully saturated rings. The molecule has 6 heteroatoms. The van der Waals surface area contributed by atoms with E-state index in [1.54, 1.807) is 17.0 Å². The minimum atomic E-state index is -2.93. The number of carbonyl (C=O) groups excluding carboxylic acids is 1. The maximum absolute atomic E-state index is 14.3. The molecule has 0 aromatic heterocycles. The summed E-state index contributed by atoms with van der Waals surface area (Å²) in [5, 5.41) is 2.71. The Morgan fingerprint density at radius 2 is 1.86 bits per heavy atom. The van der Waals surface area contributed by atoms with Crippen LogP contribution in [0.1, 0.15) is 36.1 Å². The van der Waals surface area contributed by atoms with Crippen LogP contribution in [-0.2, 0) is 11.2 Å². The Balaban J connectivity index is 1.69. The van der Waals surface area contributed by atoms with E-state index in [1.165, 1.54) is 19.1 Å². The highest BCUT2D eigenvalue weighted by Crippen LogP contribution is 2.44. The average Bonchev–Trinajstić information content (AvgIpc) is 2.93. The van der Waals surface area contributed by atoms with E-state index in [0.717, 1.165) is 16.7 Å². The van der Waals surface area contributed by atoms with E-state index in [2.05, 4.69) is 5.32 Å². The van der Waals surface area contributed by atoms with E-state index in [9.17, 15) is 18.0 Å². The molecule has 2 heterocycles. The third-order valence-corrected chi connectivity index (χ3v) is 6.08. The van der Waals surface area contributed by atoms with Crippen LogP contribution in [0.15, 0.2) is 48.5 Å². The molecular formula is C22H23F3N2O. The van der Waals surface area contributed by atoms with Gasteiger partial charge in [-0.1, -0.05) is 43.3 Å². The first-order chi connectivity index (χ1) is 13.3. The van der Waals surface area contributed by atoms with Crippen LogP contribution in [0.2, 0.25) is 0 Å². The maximum Gasteiger partial charge on any atom is 0.267 e. The molecule has 4 rings (SSSR count). The lowest BCUT2D eigenvalue weighted by Gasteiger charge is -2.40. The van der Waals surface area contributed by atoms with E-state index < -0.39 is 23.9 Å². The highest BCUT2D eigenvalue weighted by Gasteiger charge is 2.55. The molecule has 0 radical (unpaired) electrons. The quantitative estimate of drug-likeness (QED) is 0.864. The van der Waals surface area contributed by atoms with Crippen LogP contribution in [0, 0.1) is 11.2 Å². The van der Waals surface area contributed by atoms with Crippen LogP contribution in [0.4, 0.5) is 13.2 Å². The predicted molar refractivity (Wildman–Crippen MR) is 101 cm³/mol. The first-order valence-electron chi connectivity index (χ1n) is 9.52. The molecule has 3 nitrogen and oxygen atoms in total. The Bertz CT molecular complexity index is 884. The van der Waals surface area contributed by atoms with E-state index in [4.69, 9.17) is 0 Å². The number of halogens is 3. The predicted octanol–water partition coefficient (Wildman–Crippen LogP) is 3.93. The van der Waals surface area contributed by atoms with Crippen LogP contribution in [0.3, 0.4) is 0 Å². The molecule has 0 bridgehead atoms. The van der Waals surface area contributed by atoms with Crippen molar-refractivity contribution in [3.63, 3.8) is 0 Å². The van der Waals surface area contributed by atoms with Crippen molar-refractivity contribution >= 4 is 5.91 Å². The topological polar surface area (TPSA) is 32.3 Å². The molecule has 1 saturated heterocycles. The number of nitrogens with one attached hydrogen (secondary N) is 1. The monoisotopic (exact) mass is 388 g/mol. The molecule has 0 unspecified atom stereocenters. The number of nitrogens with zero attached hydrogens (tertiary/aromatic N) is 1. The zero-order valence-corrected chi connectivity index (χ0v) is 15.7. The van der Waals surface area contributed by atoms with Gasteiger partial charge in [-0.3, -0.25) is 4.79 Å². The Kier molecular flexibility index (Phi) is 4.70. The fraction of sp³-hybridized carbons (Fsp3) is 0.409. The maximum atomic E-state index is 14.3. The van der Waals surface area contributed by atoms with Gasteiger partial charge >= 0.3 is 0 Å². The Morgan fingerprint density at radius 1 is 1.14 bits per heavy atom. The minimum Gasteiger partial charge on any atom is -0.331 e. The van der Waals surface area contributed by atoms with Crippen LogP contribution in [-0.4, -0.2) is 36.4 Å². The van der Waals surface area contributed by atoms with Crippen LogP contribution in [0.5, 0.6) is 0 Å². The normalized spacial score (nSPS) is 26.1. The van der Waals surface area contributed by atoms with Crippen molar-refractivity contribution in [2.24, 2.45) is 5.41 Å². The summed E-state index contributed by atoms with van der Waals surface area (Å²) in [4.78, 5) is 14.9. The van der Waals surface area contributed by atoms with Gasteiger partial charge in [0.2, 0.25) is 5.91 Å². The van der Waals surface area contributed by atoms with Gasteiger partial charge in [0.25, 0.3) is 5.92 Å². The smallest absolute Gasteiger partial charge is 0.267 e. The number of amides is 1. The number of benzene rings is 2. The summed E-state index contributed by atoms with van der Waals surface area (Å²) in [5.41, 5.74) is 1.47. The third-order valence-electron chi connectivity index (χ3n) is 6.08. The molecule has 2 aromatic rings. The second kappa shape index (κ2) is 6.92. The molecule has 2 aliphatic rings. The van der Waals surface area contributed by atoms with Crippen molar-refractivity contribution in [1.29, 1.82) is 0 Å². The molecule has 2 aromatic carbocycles. The van der Waals surface area contributed by atoms with Crippen molar-refractivity contribution in [2.45, 2.75) is 31.7 Å². The van der Waals surface area contributed by atoms with E-state index >= 15 is 0 Å². The van der Waals surface area contributed by atoms with Gasteiger partial charge in [-0.2, -0.15) is 0 Å². The summed E-state index contributed by atoms with van der Waals surface area (Å²) in [6.45, 7) is 1.63. The second-order valence-electron chi connectivity index (χ2n) is 8.04. The summed E-state index contributed by atoms with van der Waals surface area (Å²) in [6, 6.07) is 13.5. The summed E-state index contributed by atoms with van der Waals surface area (Å²) in [5.74, 6) is -3.58. The van der Waals surface area contributed by atoms with Gasteiger partial charge in [0.15, 0.2) is 0 Å². The van der Waals surface area contributed by atoms with Gasteiger partial charge < -0.3 is 10.2 Å². The molecule has 148 valence electrons. The molecule has 2 atom stereocenters. The van der Waals surface area contributed by atoms with Crippen LogP contribution >= 0.6 is 0 Å². The van der Waals surface area contributed by atoms with Crippen molar-refractivity contribution in [3.8, 4) is 0 Å². The summed E-state index contributed by atoms with van der Waals surface area (Å²) in [7, 11) is 0. The molecule has 1 amide bonds. The highest BCUT2D eigenvalue weighted by molar-refractivity contribution is 5.79. The molecule has 0 spiro atoms. The summed E-state index contributed by atoms with van der Waals surface area (Å²) < 4.78 is 42.1. The fourth-order valence-electron chi connectivity index (χ4n) is 4.30. The lowest BCUT2D eigenvalue weighted by atomic mass is 9.81. The van der Waals surface area contributed by atoms with Crippen molar-refractivity contribution < 1.29 is 18.0 Å². The Hall–Kier alpha value is -2.34. The standard InChI is InChI=1S/C22H23F3N2O/c1-21(13-26-14-22(21,24)25)12-19(28)27-11-10-15-4-2-3-5-18(15)20(27)16-6-8-17(23)9-7-16/h2-9,20,26H,10-14H2,1H3/t20-,21+/m0/s1. The highest BCUT2D eigenvalue weighted by atomic mass is 19.3. The van der Waals surface area contributed by atoms with Gasteiger partial charge in [-0.25, -0.2) is 13.2 Å². The van der Waals surface area contributed by atoms with Crippen LogP contribution in [0.25, 0.3) is 0 Å². The zero-order valence-electron chi connectivity index (χ0n) is 15.7. The number of carbonyl (C=O) groups is 1. The minimum absolute atomic E-state index is 0.109. The first-order valence-corrected chi connectivity index (χ1v) is 9.52. The molecular weight excluding hydrogens is 365 g/mol. The first kappa shape index (κ1) is 19.0. The Labute approximate surface area is 162 Å². The van der Waals surface area contributed by atoms with Crippen LogP contribution < -0.4 is 5.32 Å². The molecule has 0 saturated carbocycles. The zero-order chi connectivity index (χ0) is 19.9. The van der Waals surface area contributed by atoms with Gasteiger partial charge in [-0.05, 0) is 35.2 Å². The molecule has 28 heavy (non-hydrogen) atoms. The van der Waals surface area contributed by atoms with Gasteiger partial charge in [0.1, 0.15) is 5.82 Å². The van der Waals surface area contributed by atoms with Gasteiger partial charge in [-0.15, -0.1) is 0 Å². The number of rotatable bonds is 3. The number of hydrogen-bond donors (Lipinski definition) is 1. The summed E-state index contributed by atoms with van der Waals surface area (Å²) >= 11 is 0. The average molecular weight is 388 g/mol. The van der Waals surface area contributed by atoms with Crippen molar-refractivity contribution in [1.82, 2.24) is 10.2 Å². The Morgan fingerprint density at radius 3 is 2.54 bits per heavy atom. The van der Waals surface area contributed by atoms with E-state index in [1.807, 2.05) is 24.3 Å². The largest absolute Gasteiger partial charge is 0.331 e. The van der Waals surface area contributed by atoms with Gasteiger partial charge in [0, 0.05) is 19.5 Å². The molecule has 2 aliphatic heterocycles.